The zero-order chi connectivity index (χ0) is 22.6. The van der Waals surface area contributed by atoms with Crippen LogP contribution >= 0.6 is 11.8 Å². The summed E-state index contributed by atoms with van der Waals surface area (Å²) in [6, 6.07) is 23.4. The van der Waals surface area contributed by atoms with E-state index in [2.05, 4.69) is 9.97 Å². The van der Waals surface area contributed by atoms with E-state index in [1.807, 2.05) is 36.4 Å². The molecule has 0 aliphatic carbocycles. The van der Waals surface area contributed by atoms with Crippen LogP contribution < -0.4 is 14.2 Å². The Kier molecular flexibility index (Phi) is 5.77. The molecule has 0 N–H and O–H groups in total. The van der Waals surface area contributed by atoms with E-state index in [1.54, 1.807) is 36.4 Å². The molecule has 0 amide bonds. The van der Waals surface area contributed by atoms with Gasteiger partial charge in [-0.2, -0.15) is 4.98 Å². The first-order valence-electron chi connectivity index (χ1n) is 10.0. The number of benzene rings is 3. The minimum Gasteiger partial charge on any atom is -0.454 e. The molecule has 8 nitrogen and oxygen atoms in total. The van der Waals surface area contributed by atoms with E-state index in [0.29, 0.717) is 39.7 Å². The molecule has 0 saturated carbocycles. The highest BCUT2D eigenvalue weighted by atomic mass is 32.2. The first-order chi connectivity index (χ1) is 16.1. The van der Waals surface area contributed by atoms with Crippen molar-refractivity contribution in [2.45, 2.75) is 10.9 Å². The summed E-state index contributed by atoms with van der Waals surface area (Å²) in [4.78, 5) is 19.9. The van der Waals surface area contributed by atoms with Crippen LogP contribution in [0.4, 0.5) is 5.69 Å². The fraction of sp³-hybridized carbons (Fsp3) is 0.0833. The predicted molar refractivity (Wildman–Crippen MR) is 123 cm³/mol. The van der Waals surface area contributed by atoms with E-state index in [1.165, 1.54) is 17.8 Å². The Balaban J connectivity index is 1.43. The number of fused-ring (bicyclic) bond motifs is 1. The average molecular weight is 459 g/mol. The lowest BCUT2D eigenvalue weighted by Gasteiger charge is -2.10. The topological polar surface area (TPSA) is 96.6 Å². The van der Waals surface area contributed by atoms with Crippen LogP contribution in [0.5, 0.6) is 23.1 Å². The average Bonchev–Trinajstić information content (AvgIpc) is 3.31. The molecular weight excluding hydrogens is 442 g/mol. The lowest BCUT2D eigenvalue weighted by atomic mass is 10.1. The van der Waals surface area contributed by atoms with Crippen molar-refractivity contribution in [3.8, 4) is 34.4 Å². The van der Waals surface area contributed by atoms with Gasteiger partial charge in [-0.3, -0.25) is 10.1 Å². The normalized spacial score (nSPS) is 11.9. The third-order valence-corrected chi connectivity index (χ3v) is 5.73. The Labute approximate surface area is 193 Å². The van der Waals surface area contributed by atoms with E-state index in [9.17, 15) is 10.1 Å². The Morgan fingerprint density at radius 3 is 2.64 bits per heavy atom. The minimum absolute atomic E-state index is 0.0545. The van der Waals surface area contributed by atoms with Gasteiger partial charge in [-0.1, -0.05) is 54.2 Å². The number of nitro benzene ring substituents is 1. The summed E-state index contributed by atoms with van der Waals surface area (Å²) >= 11 is 1.38. The Morgan fingerprint density at radius 1 is 0.939 bits per heavy atom. The molecule has 5 rings (SSSR count). The van der Waals surface area contributed by atoms with Crippen molar-refractivity contribution < 1.29 is 19.1 Å². The van der Waals surface area contributed by atoms with Crippen molar-refractivity contribution in [1.82, 2.24) is 9.97 Å². The molecule has 1 aliphatic rings. The minimum atomic E-state index is -0.405. The maximum absolute atomic E-state index is 11.1. The highest BCUT2D eigenvalue weighted by Crippen LogP contribution is 2.37. The van der Waals surface area contributed by atoms with Crippen LogP contribution in [0.25, 0.3) is 11.3 Å². The number of aromatic nitrogens is 2. The number of nitro groups is 1. The van der Waals surface area contributed by atoms with Gasteiger partial charge in [0.05, 0.1) is 10.6 Å². The van der Waals surface area contributed by atoms with Crippen LogP contribution in [0.1, 0.15) is 5.56 Å². The van der Waals surface area contributed by atoms with Crippen molar-refractivity contribution in [3.63, 3.8) is 0 Å². The summed E-state index contributed by atoms with van der Waals surface area (Å²) in [7, 11) is 0. The van der Waals surface area contributed by atoms with E-state index in [0.717, 1.165) is 11.1 Å². The summed E-state index contributed by atoms with van der Waals surface area (Å²) in [5.41, 5.74) is 2.50. The Morgan fingerprint density at radius 2 is 1.79 bits per heavy atom. The van der Waals surface area contributed by atoms with Gasteiger partial charge in [0, 0.05) is 35.6 Å². The molecule has 0 saturated heterocycles. The molecule has 1 aromatic heterocycles. The highest BCUT2D eigenvalue weighted by Gasteiger charge is 2.16. The summed E-state index contributed by atoms with van der Waals surface area (Å²) in [6.07, 6.45) is 0. The maximum atomic E-state index is 11.1. The molecule has 9 heteroatoms. The summed E-state index contributed by atoms with van der Waals surface area (Å²) in [5, 5.41) is 11.6. The molecule has 0 fully saturated rings. The van der Waals surface area contributed by atoms with Gasteiger partial charge in [0.25, 0.3) is 5.69 Å². The van der Waals surface area contributed by atoms with Crippen LogP contribution in [0.15, 0.2) is 84.0 Å². The van der Waals surface area contributed by atoms with Crippen LogP contribution in [0.3, 0.4) is 0 Å². The van der Waals surface area contributed by atoms with Gasteiger partial charge in [-0.25, -0.2) is 4.98 Å². The summed E-state index contributed by atoms with van der Waals surface area (Å²) < 4.78 is 16.8. The molecule has 4 aromatic rings. The third-order valence-electron chi connectivity index (χ3n) is 4.81. The van der Waals surface area contributed by atoms with Crippen LogP contribution in [0.2, 0.25) is 0 Å². The zero-order valence-electron chi connectivity index (χ0n) is 17.2. The van der Waals surface area contributed by atoms with E-state index >= 15 is 0 Å². The van der Waals surface area contributed by atoms with E-state index in [4.69, 9.17) is 14.2 Å². The molecule has 3 aromatic carbocycles. The number of non-ortho nitro benzene ring substituents is 1. The molecule has 2 heterocycles. The van der Waals surface area contributed by atoms with Crippen molar-refractivity contribution in [2.24, 2.45) is 0 Å². The smallest absolute Gasteiger partial charge is 0.269 e. The van der Waals surface area contributed by atoms with Crippen molar-refractivity contribution in [1.29, 1.82) is 0 Å². The fourth-order valence-electron chi connectivity index (χ4n) is 3.25. The maximum Gasteiger partial charge on any atom is 0.269 e. The number of rotatable bonds is 7. The lowest BCUT2D eigenvalue weighted by molar-refractivity contribution is -0.384. The summed E-state index contributed by atoms with van der Waals surface area (Å²) in [5.74, 6) is 2.70. The van der Waals surface area contributed by atoms with Crippen molar-refractivity contribution >= 4 is 17.4 Å². The zero-order valence-corrected chi connectivity index (χ0v) is 18.0. The quantitative estimate of drug-likeness (QED) is 0.147. The predicted octanol–water partition coefficient (Wildman–Crippen LogP) is 5.87. The van der Waals surface area contributed by atoms with Crippen LogP contribution in [0, 0.1) is 10.1 Å². The van der Waals surface area contributed by atoms with Gasteiger partial charge in [0.2, 0.25) is 12.7 Å². The number of nitrogens with zero attached hydrogens (tertiary/aromatic N) is 3. The van der Waals surface area contributed by atoms with Crippen molar-refractivity contribution in [3.05, 3.63) is 94.5 Å². The molecule has 0 spiro atoms. The second-order valence-electron chi connectivity index (χ2n) is 7.07. The lowest BCUT2D eigenvalue weighted by Crippen LogP contribution is -1.96. The molecule has 33 heavy (non-hydrogen) atoms. The summed E-state index contributed by atoms with van der Waals surface area (Å²) in [6.45, 7) is 0.183. The second kappa shape index (κ2) is 9.17. The Hall–Kier alpha value is -4.11. The van der Waals surface area contributed by atoms with Crippen molar-refractivity contribution in [2.75, 3.05) is 6.79 Å². The van der Waals surface area contributed by atoms with E-state index in [-0.39, 0.29) is 12.5 Å². The van der Waals surface area contributed by atoms with Gasteiger partial charge < -0.3 is 14.2 Å². The Bertz CT molecular complexity index is 1320. The number of hydrogen-bond donors (Lipinski definition) is 0. The van der Waals surface area contributed by atoms with Crippen LogP contribution in [-0.4, -0.2) is 21.7 Å². The molecule has 0 atom stereocenters. The second-order valence-corrected chi connectivity index (χ2v) is 8.02. The van der Waals surface area contributed by atoms with Gasteiger partial charge in [-0.05, 0) is 17.7 Å². The highest BCUT2D eigenvalue weighted by molar-refractivity contribution is 7.98. The first kappa shape index (κ1) is 20.8. The molecule has 164 valence electrons. The molecule has 0 radical (unpaired) electrons. The molecular formula is C24H17N3O5S. The monoisotopic (exact) mass is 459 g/mol. The van der Waals surface area contributed by atoms with Gasteiger partial charge in [0.15, 0.2) is 16.7 Å². The third kappa shape index (κ3) is 4.88. The standard InChI is InChI=1S/C24H17N3O5S/c28-27(29)18-8-4-5-16(11-18)14-33-24-25-20(17-6-2-1-3-7-17)13-23(26-24)32-19-9-10-21-22(12-19)31-15-30-21/h1-13H,14-15H2. The van der Waals surface area contributed by atoms with Crippen LogP contribution in [-0.2, 0) is 5.75 Å². The molecule has 0 unspecified atom stereocenters. The first-order valence-corrected chi connectivity index (χ1v) is 11.0. The largest absolute Gasteiger partial charge is 0.454 e. The van der Waals surface area contributed by atoms with Gasteiger partial charge in [-0.15, -0.1) is 0 Å². The SMILES string of the molecule is O=[N+]([O-])c1cccc(CSc2nc(Oc3ccc4c(c3)OCO4)cc(-c3ccccc3)n2)c1. The van der Waals surface area contributed by atoms with E-state index < -0.39 is 4.92 Å². The number of thioether (sulfide) groups is 1. The molecule has 0 bridgehead atoms. The van der Waals surface area contributed by atoms with Gasteiger partial charge >= 0.3 is 0 Å². The number of ether oxygens (including phenoxy) is 3. The number of hydrogen-bond acceptors (Lipinski definition) is 8. The van der Waals surface area contributed by atoms with Gasteiger partial charge in [0.1, 0.15) is 5.75 Å². The fourth-order valence-corrected chi connectivity index (χ4v) is 4.04. The molecule has 1 aliphatic heterocycles.